The number of anilines is 1. The first-order chi connectivity index (χ1) is 12.5. The molecular formula is C20H22N2O4. The van der Waals surface area contributed by atoms with Crippen molar-refractivity contribution in [2.24, 2.45) is 11.8 Å². The number of para-hydroxylation sites is 1. The van der Waals surface area contributed by atoms with Gasteiger partial charge in [0, 0.05) is 30.1 Å². The van der Waals surface area contributed by atoms with E-state index < -0.39 is 0 Å². The highest BCUT2D eigenvalue weighted by Crippen LogP contribution is 2.62. The first kappa shape index (κ1) is 15.9. The van der Waals surface area contributed by atoms with Gasteiger partial charge in [0.25, 0.3) is 0 Å². The zero-order valence-electron chi connectivity index (χ0n) is 14.9. The fraction of sp³-hybridized carbons (Fsp3) is 0.500. The Morgan fingerprint density at radius 2 is 2.19 bits per heavy atom. The standard InChI is InChI=1S/C20H22N2O4/c1-10(23)12-9-22-7-6-20-13-4-3-5-14(24)17(13)21-18(20)16(19(25)26-2)11(12)8-15(20)22/h3-5,11-12,15,21,24H,6-9H2,1-2H3/t11-,12-,15-,20+/m1/s1. The predicted molar refractivity (Wildman–Crippen MR) is 94.7 cm³/mol. The Kier molecular flexibility index (Phi) is 3.11. The maximum atomic E-state index is 12.8. The van der Waals surface area contributed by atoms with Crippen LogP contribution in [0.3, 0.4) is 0 Å². The van der Waals surface area contributed by atoms with Gasteiger partial charge in [-0.1, -0.05) is 12.1 Å². The number of Topliss-reactive ketones (excluding diaryl/α,β-unsaturated/α-hetero) is 1. The Balaban J connectivity index is 1.80. The number of benzene rings is 1. The number of hydrogen-bond acceptors (Lipinski definition) is 6. The van der Waals surface area contributed by atoms with Crippen LogP contribution in [0.25, 0.3) is 0 Å². The second-order valence-corrected chi connectivity index (χ2v) is 7.90. The predicted octanol–water partition coefficient (Wildman–Crippen LogP) is 1.80. The van der Waals surface area contributed by atoms with Crippen LogP contribution in [-0.4, -0.2) is 48.0 Å². The number of ketones is 1. The molecule has 0 amide bonds. The van der Waals surface area contributed by atoms with E-state index in [-0.39, 0.29) is 40.8 Å². The minimum Gasteiger partial charge on any atom is -0.506 e. The lowest BCUT2D eigenvalue weighted by molar-refractivity contribution is -0.138. The molecule has 1 aromatic carbocycles. The molecule has 2 bridgehead atoms. The summed E-state index contributed by atoms with van der Waals surface area (Å²) in [5.41, 5.74) is 2.87. The number of aromatic hydroxyl groups is 1. The van der Waals surface area contributed by atoms with Gasteiger partial charge in [0.2, 0.25) is 0 Å². The van der Waals surface area contributed by atoms with Gasteiger partial charge in [-0.15, -0.1) is 0 Å². The van der Waals surface area contributed by atoms with Crippen molar-refractivity contribution >= 4 is 17.4 Å². The van der Waals surface area contributed by atoms with Gasteiger partial charge in [-0.05, 0) is 37.9 Å². The maximum Gasteiger partial charge on any atom is 0.335 e. The number of methoxy groups -OCH3 is 1. The lowest BCUT2D eigenvalue weighted by Gasteiger charge is -2.50. The summed E-state index contributed by atoms with van der Waals surface area (Å²) in [6.45, 7) is 3.19. The van der Waals surface area contributed by atoms with E-state index in [4.69, 9.17) is 4.74 Å². The summed E-state index contributed by atoms with van der Waals surface area (Å²) in [6, 6.07) is 5.81. The third-order valence-electron chi connectivity index (χ3n) is 6.98. The Hall–Kier alpha value is -2.34. The van der Waals surface area contributed by atoms with Crippen molar-refractivity contribution in [2.45, 2.75) is 31.2 Å². The maximum absolute atomic E-state index is 12.8. The van der Waals surface area contributed by atoms with Crippen LogP contribution in [0.4, 0.5) is 5.69 Å². The summed E-state index contributed by atoms with van der Waals surface area (Å²) in [4.78, 5) is 27.5. The van der Waals surface area contributed by atoms with E-state index in [1.807, 2.05) is 12.1 Å². The summed E-state index contributed by atoms with van der Waals surface area (Å²) in [7, 11) is 1.39. The second-order valence-electron chi connectivity index (χ2n) is 7.90. The molecule has 5 rings (SSSR count). The Labute approximate surface area is 151 Å². The third kappa shape index (κ3) is 1.70. The smallest absolute Gasteiger partial charge is 0.335 e. The highest BCUT2D eigenvalue weighted by molar-refractivity contribution is 5.95. The third-order valence-corrected chi connectivity index (χ3v) is 6.98. The Morgan fingerprint density at radius 3 is 2.92 bits per heavy atom. The highest BCUT2D eigenvalue weighted by Gasteiger charge is 2.63. The van der Waals surface area contributed by atoms with Gasteiger partial charge in [-0.2, -0.15) is 0 Å². The molecule has 0 saturated carbocycles. The summed E-state index contributed by atoms with van der Waals surface area (Å²) in [5.74, 6) is -0.379. The molecule has 0 aromatic heterocycles. The quantitative estimate of drug-likeness (QED) is 0.623. The molecule has 0 unspecified atom stereocenters. The number of phenolic OH excluding ortho intramolecular Hbond substituents is 1. The highest BCUT2D eigenvalue weighted by atomic mass is 16.5. The summed E-state index contributed by atoms with van der Waals surface area (Å²) in [6.07, 6.45) is 1.64. The first-order valence-corrected chi connectivity index (χ1v) is 9.16. The molecule has 3 aliphatic heterocycles. The van der Waals surface area contributed by atoms with Gasteiger partial charge in [-0.3, -0.25) is 9.69 Å². The largest absolute Gasteiger partial charge is 0.506 e. The van der Waals surface area contributed by atoms with Crippen LogP contribution in [-0.2, 0) is 19.7 Å². The fourth-order valence-electron chi connectivity index (χ4n) is 5.92. The van der Waals surface area contributed by atoms with E-state index in [1.165, 1.54) is 7.11 Å². The van der Waals surface area contributed by atoms with E-state index >= 15 is 0 Å². The van der Waals surface area contributed by atoms with Crippen LogP contribution < -0.4 is 5.32 Å². The Bertz CT molecular complexity index is 877. The molecule has 3 heterocycles. The topological polar surface area (TPSA) is 78.9 Å². The fourth-order valence-corrected chi connectivity index (χ4v) is 5.92. The number of nitrogens with one attached hydrogen (secondary N) is 1. The van der Waals surface area contributed by atoms with E-state index in [2.05, 4.69) is 10.2 Å². The molecule has 2 fully saturated rings. The number of hydrogen-bond donors (Lipinski definition) is 2. The number of rotatable bonds is 2. The summed E-state index contributed by atoms with van der Waals surface area (Å²) in [5, 5.41) is 13.8. The van der Waals surface area contributed by atoms with Gasteiger partial charge in [0.05, 0.1) is 23.8 Å². The molecule has 0 radical (unpaired) electrons. The number of nitrogens with zero attached hydrogens (tertiary/aromatic N) is 1. The van der Waals surface area contributed by atoms with Crippen molar-refractivity contribution in [3.05, 3.63) is 35.0 Å². The number of esters is 1. The number of carbonyl (C=O) groups excluding carboxylic acids is 2. The van der Waals surface area contributed by atoms with E-state index in [1.54, 1.807) is 13.0 Å². The molecule has 2 N–H and O–H groups in total. The van der Waals surface area contributed by atoms with Crippen LogP contribution in [0.15, 0.2) is 29.5 Å². The van der Waals surface area contributed by atoms with Crippen molar-refractivity contribution in [1.29, 1.82) is 0 Å². The van der Waals surface area contributed by atoms with Crippen LogP contribution in [0.2, 0.25) is 0 Å². The average molecular weight is 354 g/mol. The van der Waals surface area contributed by atoms with Crippen molar-refractivity contribution in [3.8, 4) is 5.75 Å². The number of phenols is 1. The van der Waals surface area contributed by atoms with E-state index in [9.17, 15) is 14.7 Å². The number of fused-ring (bicyclic) bond motifs is 2. The van der Waals surface area contributed by atoms with Gasteiger partial charge in [0.15, 0.2) is 0 Å². The summed E-state index contributed by atoms with van der Waals surface area (Å²) < 4.78 is 5.13. The van der Waals surface area contributed by atoms with Crippen molar-refractivity contribution in [3.63, 3.8) is 0 Å². The van der Waals surface area contributed by atoms with Crippen LogP contribution in [0.5, 0.6) is 5.75 Å². The molecule has 26 heavy (non-hydrogen) atoms. The zero-order chi connectivity index (χ0) is 18.2. The molecule has 1 spiro atoms. The second kappa shape index (κ2) is 5.10. The van der Waals surface area contributed by atoms with Gasteiger partial charge in [-0.25, -0.2) is 4.79 Å². The average Bonchev–Trinajstić information content (AvgIpc) is 3.18. The monoisotopic (exact) mass is 354 g/mol. The van der Waals surface area contributed by atoms with Crippen molar-refractivity contribution in [2.75, 3.05) is 25.5 Å². The van der Waals surface area contributed by atoms with Crippen molar-refractivity contribution < 1.29 is 19.4 Å². The molecule has 4 atom stereocenters. The minimum absolute atomic E-state index is 0.119. The molecule has 136 valence electrons. The number of ether oxygens (including phenoxy) is 1. The molecule has 2 saturated heterocycles. The molecule has 1 aliphatic carbocycles. The van der Waals surface area contributed by atoms with Gasteiger partial charge < -0.3 is 15.2 Å². The van der Waals surface area contributed by atoms with Gasteiger partial charge in [0.1, 0.15) is 11.5 Å². The zero-order valence-corrected chi connectivity index (χ0v) is 14.9. The SMILES string of the molecule is COC(=O)C1=C2Nc3c(O)cccc3[C@]23CCN2C[C@H](C(C)=O)[C@H]1C[C@@H]23. The normalized spacial score (nSPS) is 34.2. The molecule has 4 aliphatic rings. The molecule has 6 nitrogen and oxygen atoms in total. The van der Waals surface area contributed by atoms with Crippen LogP contribution >= 0.6 is 0 Å². The van der Waals surface area contributed by atoms with Crippen LogP contribution in [0.1, 0.15) is 25.3 Å². The van der Waals surface area contributed by atoms with Crippen LogP contribution in [0, 0.1) is 11.8 Å². The molecule has 1 aromatic rings. The number of carbonyl (C=O) groups is 2. The van der Waals surface area contributed by atoms with E-state index in [0.717, 1.165) is 30.6 Å². The molecule has 6 heteroatoms. The molecular weight excluding hydrogens is 332 g/mol. The lowest BCUT2D eigenvalue weighted by atomic mass is 9.60. The van der Waals surface area contributed by atoms with Gasteiger partial charge >= 0.3 is 5.97 Å². The summed E-state index contributed by atoms with van der Waals surface area (Å²) >= 11 is 0. The number of piperidine rings is 1. The Morgan fingerprint density at radius 1 is 1.38 bits per heavy atom. The lowest BCUT2D eigenvalue weighted by Crippen LogP contribution is -2.56. The van der Waals surface area contributed by atoms with Crippen molar-refractivity contribution in [1.82, 2.24) is 4.90 Å². The first-order valence-electron chi connectivity index (χ1n) is 9.16. The van der Waals surface area contributed by atoms with E-state index in [0.29, 0.717) is 17.8 Å². The minimum atomic E-state index is -0.366.